The lowest BCUT2D eigenvalue weighted by Crippen LogP contribution is -1.90. The largest absolute Gasteiger partial charge is 0.341 e. The lowest BCUT2D eigenvalue weighted by Gasteiger charge is -1.90. The smallest absolute Gasteiger partial charge is 0.311 e. The lowest BCUT2D eigenvalue weighted by molar-refractivity contribution is 0.533. The van der Waals surface area contributed by atoms with E-state index < -0.39 is 6.08 Å². The Hall–Kier alpha value is -1.17. The molecular weight excluding hydrogens is 167 g/mol. The molecule has 2 aromatic heterocycles. The van der Waals surface area contributed by atoms with Crippen LogP contribution < -0.4 is 0 Å². The third kappa shape index (κ3) is 0.949. The maximum Gasteiger partial charge on any atom is 0.311 e. The molecule has 0 saturated carbocycles. The Morgan fingerprint density at radius 3 is 3.09 bits per heavy atom. The van der Waals surface area contributed by atoms with Gasteiger partial charge in [0.1, 0.15) is 10.5 Å². The summed E-state index contributed by atoms with van der Waals surface area (Å²) in [6.45, 7) is 0. The van der Waals surface area contributed by atoms with Crippen LogP contribution in [0.5, 0.6) is 0 Å². The molecule has 0 spiro atoms. The summed E-state index contributed by atoms with van der Waals surface area (Å²) in [6, 6.07) is 0. The van der Waals surface area contributed by atoms with Crippen LogP contribution in [-0.4, -0.2) is 19.9 Å². The standard InChI is InChI=1S/C5H3FN4S/c6-5-9-3-2(4(11)10-5)7-1-8-3/h1H,(H2,7,8,9,10,11). The zero-order valence-corrected chi connectivity index (χ0v) is 6.14. The number of nitrogens with one attached hydrogen (secondary N) is 1. The summed E-state index contributed by atoms with van der Waals surface area (Å²) in [5, 5.41) is 0.269. The van der Waals surface area contributed by atoms with E-state index in [1.165, 1.54) is 6.33 Å². The first kappa shape index (κ1) is 6.53. The van der Waals surface area contributed by atoms with Gasteiger partial charge >= 0.3 is 6.08 Å². The number of H-pyrrole nitrogens is 1. The average Bonchev–Trinajstić information content (AvgIpc) is 2.34. The third-order valence-electron chi connectivity index (χ3n) is 1.24. The van der Waals surface area contributed by atoms with Crippen LogP contribution in [0.25, 0.3) is 11.2 Å². The molecule has 0 radical (unpaired) electrons. The topological polar surface area (TPSA) is 54.5 Å². The van der Waals surface area contributed by atoms with Gasteiger partial charge in [0.05, 0.1) is 6.33 Å². The fourth-order valence-electron chi connectivity index (χ4n) is 0.792. The van der Waals surface area contributed by atoms with Crippen molar-refractivity contribution in [3.63, 3.8) is 0 Å². The Balaban J connectivity index is 2.91. The molecular formula is C5H3FN4S. The summed E-state index contributed by atoms with van der Waals surface area (Å²) in [5.41, 5.74) is 0.845. The number of nitrogens with zero attached hydrogens (tertiary/aromatic N) is 3. The van der Waals surface area contributed by atoms with Gasteiger partial charge in [0.25, 0.3) is 0 Å². The average molecular weight is 170 g/mol. The molecule has 0 atom stereocenters. The summed E-state index contributed by atoms with van der Waals surface area (Å²) in [4.78, 5) is 13.3. The minimum Gasteiger partial charge on any atom is -0.341 e. The number of hydrogen-bond donors (Lipinski definition) is 2. The van der Waals surface area contributed by atoms with Crippen molar-refractivity contribution in [1.82, 2.24) is 19.9 Å². The molecule has 1 N–H and O–H groups in total. The second-order valence-electron chi connectivity index (χ2n) is 1.92. The first-order valence-electron chi connectivity index (χ1n) is 2.83. The highest BCUT2D eigenvalue weighted by molar-refractivity contribution is 7.80. The number of aromatic nitrogens is 4. The van der Waals surface area contributed by atoms with Crippen molar-refractivity contribution in [1.29, 1.82) is 0 Å². The number of thiol groups is 1. The van der Waals surface area contributed by atoms with Crippen molar-refractivity contribution in [3.8, 4) is 0 Å². The summed E-state index contributed by atoms with van der Waals surface area (Å²) < 4.78 is 12.4. The van der Waals surface area contributed by atoms with E-state index in [0.717, 1.165) is 0 Å². The molecule has 0 bridgehead atoms. The molecule has 2 aromatic rings. The molecule has 0 amide bonds. The molecule has 4 nitrogen and oxygen atoms in total. The number of aromatic amines is 1. The van der Waals surface area contributed by atoms with Crippen LogP contribution in [-0.2, 0) is 0 Å². The first-order chi connectivity index (χ1) is 5.27. The molecule has 0 saturated heterocycles. The Morgan fingerprint density at radius 1 is 1.45 bits per heavy atom. The Kier molecular flexibility index (Phi) is 1.28. The normalized spacial score (nSPS) is 10.7. The fraction of sp³-hybridized carbons (Fsp3) is 0. The monoisotopic (exact) mass is 170 g/mol. The van der Waals surface area contributed by atoms with Crippen LogP contribution in [0.2, 0.25) is 0 Å². The maximum absolute atomic E-state index is 12.4. The number of hydrogen-bond acceptors (Lipinski definition) is 4. The van der Waals surface area contributed by atoms with Gasteiger partial charge in [0.2, 0.25) is 0 Å². The van der Waals surface area contributed by atoms with Crippen molar-refractivity contribution in [2.75, 3.05) is 0 Å². The van der Waals surface area contributed by atoms with E-state index in [9.17, 15) is 4.39 Å². The number of fused-ring (bicyclic) bond motifs is 1. The molecule has 0 unspecified atom stereocenters. The van der Waals surface area contributed by atoms with Crippen LogP contribution in [0.3, 0.4) is 0 Å². The molecule has 0 aromatic carbocycles. The first-order valence-corrected chi connectivity index (χ1v) is 3.27. The molecule has 11 heavy (non-hydrogen) atoms. The number of rotatable bonds is 0. The predicted octanol–water partition coefficient (Wildman–Crippen LogP) is 0.781. The molecule has 6 heteroatoms. The van der Waals surface area contributed by atoms with Gasteiger partial charge in [0.15, 0.2) is 5.65 Å². The second kappa shape index (κ2) is 2.16. The third-order valence-corrected chi connectivity index (χ3v) is 1.56. The van der Waals surface area contributed by atoms with Gasteiger partial charge in [0, 0.05) is 0 Å². The zero-order valence-electron chi connectivity index (χ0n) is 5.24. The van der Waals surface area contributed by atoms with E-state index >= 15 is 0 Å². The van der Waals surface area contributed by atoms with Crippen LogP contribution in [0.4, 0.5) is 4.39 Å². The lowest BCUT2D eigenvalue weighted by atomic mass is 10.6. The van der Waals surface area contributed by atoms with Crippen molar-refractivity contribution in [2.45, 2.75) is 5.03 Å². The summed E-state index contributed by atoms with van der Waals surface area (Å²) in [5.74, 6) is 0. The van der Waals surface area contributed by atoms with Crippen molar-refractivity contribution < 1.29 is 4.39 Å². The summed E-state index contributed by atoms with van der Waals surface area (Å²) >= 11 is 3.92. The number of halogens is 1. The van der Waals surface area contributed by atoms with E-state index in [1.807, 2.05) is 0 Å². The molecule has 0 aliphatic carbocycles. The predicted molar refractivity (Wildman–Crippen MR) is 38.9 cm³/mol. The SMILES string of the molecule is Fc1nc(S)c2[nH]cnc2n1. The van der Waals surface area contributed by atoms with Gasteiger partial charge < -0.3 is 4.98 Å². The second-order valence-corrected chi connectivity index (χ2v) is 2.34. The highest BCUT2D eigenvalue weighted by atomic mass is 32.1. The van der Waals surface area contributed by atoms with E-state index in [1.54, 1.807) is 0 Å². The zero-order chi connectivity index (χ0) is 7.84. The Morgan fingerprint density at radius 2 is 2.27 bits per heavy atom. The maximum atomic E-state index is 12.4. The van der Waals surface area contributed by atoms with Crippen molar-refractivity contribution >= 4 is 23.8 Å². The van der Waals surface area contributed by atoms with E-state index in [0.29, 0.717) is 11.2 Å². The van der Waals surface area contributed by atoms with Gasteiger partial charge in [-0.1, -0.05) is 0 Å². The van der Waals surface area contributed by atoms with Crippen LogP contribution in [0.15, 0.2) is 11.4 Å². The van der Waals surface area contributed by atoms with Crippen molar-refractivity contribution in [3.05, 3.63) is 12.4 Å². The molecule has 2 rings (SSSR count). The molecule has 0 fully saturated rings. The molecule has 0 aliphatic heterocycles. The van der Waals surface area contributed by atoms with Gasteiger partial charge in [-0.2, -0.15) is 14.4 Å². The van der Waals surface area contributed by atoms with Gasteiger partial charge in [-0.25, -0.2) is 4.98 Å². The number of imidazole rings is 1. The summed E-state index contributed by atoms with van der Waals surface area (Å²) in [7, 11) is 0. The Bertz CT molecular complexity index is 398. The van der Waals surface area contributed by atoms with Crippen molar-refractivity contribution in [2.24, 2.45) is 0 Å². The highest BCUT2D eigenvalue weighted by Gasteiger charge is 2.04. The quantitative estimate of drug-likeness (QED) is 0.349. The minimum atomic E-state index is -0.811. The summed E-state index contributed by atoms with van der Waals surface area (Å²) in [6.07, 6.45) is 0.605. The van der Waals surface area contributed by atoms with Gasteiger partial charge in [-0.15, -0.1) is 12.6 Å². The Labute approximate surface area is 66.3 Å². The molecule has 2 heterocycles. The van der Waals surface area contributed by atoms with E-state index in [4.69, 9.17) is 0 Å². The van der Waals surface area contributed by atoms with Crippen LogP contribution >= 0.6 is 12.6 Å². The van der Waals surface area contributed by atoms with Crippen LogP contribution in [0, 0.1) is 6.08 Å². The minimum absolute atomic E-state index is 0.269. The molecule has 56 valence electrons. The van der Waals surface area contributed by atoms with Crippen LogP contribution in [0.1, 0.15) is 0 Å². The van der Waals surface area contributed by atoms with E-state index in [-0.39, 0.29) is 5.03 Å². The molecule has 0 aliphatic rings. The van der Waals surface area contributed by atoms with Gasteiger partial charge in [-0.05, 0) is 0 Å². The fourth-order valence-corrected chi connectivity index (χ4v) is 1.04. The van der Waals surface area contributed by atoms with E-state index in [2.05, 4.69) is 32.6 Å². The van der Waals surface area contributed by atoms with Gasteiger partial charge in [-0.3, -0.25) is 0 Å². The highest BCUT2D eigenvalue weighted by Crippen LogP contribution is 2.13.